The van der Waals surface area contributed by atoms with Gasteiger partial charge in [0, 0.05) is 29.7 Å². The average Bonchev–Trinajstić information content (AvgIpc) is 2.92. The molecule has 6 nitrogen and oxygen atoms in total. The Morgan fingerprint density at radius 3 is 2.13 bits per heavy atom. The number of amides is 1. The van der Waals surface area contributed by atoms with Crippen LogP contribution >= 0.6 is 0 Å². The Kier molecular flexibility index (Phi) is 10.1. The van der Waals surface area contributed by atoms with Crippen LogP contribution in [0.4, 0.5) is 0 Å². The minimum absolute atomic E-state index is 0.204. The van der Waals surface area contributed by atoms with Crippen LogP contribution in [-0.4, -0.2) is 28.9 Å². The lowest BCUT2D eigenvalue weighted by Gasteiger charge is -2.29. The van der Waals surface area contributed by atoms with Crippen molar-refractivity contribution in [2.45, 2.75) is 26.8 Å². The van der Waals surface area contributed by atoms with Crippen LogP contribution in [0.15, 0.2) is 116 Å². The van der Waals surface area contributed by atoms with Gasteiger partial charge in [-0.25, -0.2) is 0 Å². The highest BCUT2D eigenvalue weighted by Gasteiger charge is 2.23. The summed E-state index contributed by atoms with van der Waals surface area (Å²) >= 11 is 0. The minimum Gasteiger partial charge on any atom is -0.399 e. The first-order valence-corrected chi connectivity index (χ1v) is 12.6. The fourth-order valence-corrected chi connectivity index (χ4v) is 3.99. The Labute approximate surface area is 226 Å². The fourth-order valence-electron chi connectivity index (χ4n) is 3.99. The number of nitrogens with two attached hydrogens (primary N) is 1. The molecule has 0 saturated carbocycles. The van der Waals surface area contributed by atoms with Gasteiger partial charge in [-0.05, 0) is 43.5 Å². The third kappa shape index (κ3) is 7.96. The predicted octanol–water partition coefficient (Wildman–Crippen LogP) is 5.24. The van der Waals surface area contributed by atoms with Crippen molar-refractivity contribution in [1.82, 2.24) is 20.5 Å². The summed E-state index contributed by atoms with van der Waals surface area (Å²) in [4.78, 5) is 19.9. The summed E-state index contributed by atoms with van der Waals surface area (Å²) < 4.78 is 0. The molecular formula is C32H37N5O. The third-order valence-electron chi connectivity index (χ3n) is 5.95. The number of allylic oxidation sites excluding steroid dienone is 1. The van der Waals surface area contributed by atoms with Crippen molar-refractivity contribution in [3.8, 4) is 0 Å². The summed E-state index contributed by atoms with van der Waals surface area (Å²) in [7, 11) is 0. The van der Waals surface area contributed by atoms with Crippen molar-refractivity contribution in [3.63, 3.8) is 0 Å². The van der Waals surface area contributed by atoms with Gasteiger partial charge in [-0.15, -0.1) is 0 Å². The molecule has 0 aliphatic rings. The Balaban J connectivity index is 1.74. The molecular weight excluding hydrogens is 470 g/mol. The molecule has 1 heterocycles. The molecule has 1 amide bonds. The first kappa shape index (κ1) is 28.0. The van der Waals surface area contributed by atoms with Crippen molar-refractivity contribution < 1.29 is 4.79 Å². The molecule has 0 aliphatic heterocycles. The maximum atomic E-state index is 13.7. The first-order valence-electron chi connectivity index (χ1n) is 12.6. The number of hydrogen-bond acceptors (Lipinski definition) is 5. The van der Waals surface area contributed by atoms with Crippen LogP contribution < -0.4 is 16.4 Å². The van der Waals surface area contributed by atoms with Crippen LogP contribution in [0.25, 0.3) is 11.4 Å². The maximum Gasteiger partial charge on any atom is 0.274 e. The van der Waals surface area contributed by atoms with Crippen LogP contribution in [0.5, 0.6) is 0 Å². The summed E-state index contributed by atoms with van der Waals surface area (Å²) in [6.07, 6.45) is 2.48. The number of pyridine rings is 1. The van der Waals surface area contributed by atoms with E-state index >= 15 is 0 Å². The zero-order valence-electron chi connectivity index (χ0n) is 22.3. The third-order valence-corrected chi connectivity index (χ3v) is 5.95. The van der Waals surface area contributed by atoms with Gasteiger partial charge in [0.1, 0.15) is 0 Å². The Morgan fingerprint density at radius 2 is 1.55 bits per heavy atom. The first-order chi connectivity index (χ1) is 18.3. The van der Waals surface area contributed by atoms with Crippen molar-refractivity contribution in [2.75, 3.05) is 13.1 Å². The van der Waals surface area contributed by atoms with Gasteiger partial charge >= 0.3 is 0 Å². The number of aromatic nitrogens is 1. The van der Waals surface area contributed by atoms with E-state index in [-0.39, 0.29) is 12.5 Å². The Bertz CT molecular complexity index is 1290. The van der Waals surface area contributed by atoms with Crippen LogP contribution in [0.1, 0.15) is 36.2 Å². The number of carbonyl (C=O) groups is 1. The molecule has 0 bridgehead atoms. The highest BCUT2D eigenvalue weighted by molar-refractivity contribution is 5.98. The highest BCUT2D eigenvalue weighted by Crippen LogP contribution is 2.25. The standard InChI is InChI=1S/C32H37N5O/c1-23(2)31(28-14-10-7-11-15-28)37(32(38)26(5)34-19-18-27-12-8-6-9-13-27)22-24(3)35-21-30-17-16-29(20-36-30)25(4)33/h6-17,20,34-35H,3-5,18-19,21-22,33H2,1-2H3. The van der Waals surface area contributed by atoms with Gasteiger partial charge in [-0.3, -0.25) is 9.78 Å². The second-order valence-corrected chi connectivity index (χ2v) is 9.27. The van der Waals surface area contributed by atoms with Gasteiger partial charge in [0.15, 0.2) is 0 Å². The molecule has 3 rings (SSSR count). The van der Waals surface area contributed by atoms with Crippen LogP contribution in [0, 0.1) is 0 Å². The molecule has 0 aliphatic carbocycles. The zero-order chi connectivity index (χ0) is 27.5. The summed E-state index contributed by atoms with van der Waals surface area (Å²) in [5, 5.41) is 6.52. The molecule has 0 fully saturated rings. The van der Waals surface area contributed by atoms with E-state index < -0.39 is 0 Å². The molecule has 0 radical (unpaired) electrons. The molecule has 0 atom stereocenters. The van der Waals surface area contributed by atoms with Crippen molar-refractivity contribution >= 4 is 17.3 Å². The predicted molar refractivity (Wildman–Crippen MR) is 157 cm³/mol. The average molecular weight is 508 g/mol. The normalized spacial score (nSPS) is 10.3. The van der Waals surface area contributed by atoms with Gasteiger partial charge in [-0.2, -0.15) is 0 Å². The smallest absolute Gasteiger partial charge is 0.274 e. The zero-order valence-corrected chi connectivity index (χ0v) is 22.3. The quantitative estimate of drug-likeness (QED) is 0.276. The lowest BCUT2D eigenvalue weighted by Crippen LogP contribution is -2.38. The number of nitrogens with one attached hydrogen (secondary N) is 2. The molecule has 3 aromatic rings. The number of hydrogen-bond donors (Lipinski definition) is 3. The van der Waals surface area contributed by atoms with Gasteiger partial charge in [0.2, 0.25) is 0 Å². The van der Waals surface area contributed by atoms with E-state index in [1.165, 1.54) is 5.56 Å². The van der Waals surface area contributed by atoms with Gasteiger partial charge in [0.25, 0.3) is 5.91 Å². The largest absolute Gasteiger partial charge is 0.399 e. The minimum atomic E-state index is -0.204. The second kappa shape index (κ2) is 13.7. The SMILES string of the molecule is C=C(CN(C(=O)C(=C)NCCc1ccccc1)C(=C(C)C)c1ccccc1)NCc1ccc(C(=C)N)cn1. The molecule has 0 spiro atoms. The molecule has 38 heavy (non-hydrogen) atoms. The monoisotopic (exact) mass is 507 g/mol. The van der Waals surface area contributed by atoms with E-state index in [0.717, 1.165) is 34.5 Å². The molecule has 2 aromatic carbocycles. The van der Waals surface area contributed by atoms with E-state index in [2.05, 4.69) is 47.5 Å². The van der Waals surface area contributed by atoms with Crippen molar-refractivity contribution in [3.05, 3.63) is 138 Å². The lowest BCUT2D eigenvalue weighted by atomic mass is 10.1. The van der Waals surface area contributed by atoms with E-state index in [1.807, 2.05) is 74.5 Å². The van der Waals surface area contributed by atoms with Crippen molar-refractivity contribution in [1.29, 1.82) is 0 Å². The lowest BCUT2D eigenvalue weighted by molar-refractivity contribution is -0.124. The summed E-state index contributed by atoms with van der Waals surface area (Å²) in [5.74, 6) is -0.204. The summed E-state index contributed by atoms with van der Waals surface area (Å²) in [6.45, 7) is 17.3. The molecule has 0 saturated heterocycles. The Morgan fingerprint density at radius 1 is 0.895 bits per heavy atom. The van der Waals surface area contributed by atoms with E-state index in [9.17, 15) is 4.79 Å². The Hall–Kier alpha value is -4.58. The van der Waals surface area contributed by atoms with E-state index in [4.69, 9.17) is 5.73 Å². The maximum absolute atomic E-state index is 13.7. The highest BCUT2D eigenvalue weighted by atomic mass is 16.2. The van der Waals surface area contributed by atoms with Crippen LogP contribution in [0.2, 0.25) is 0 Å². The van der Waals surface area contributed by atoms with Crippen LogP contribution in [0.3, 0.4) is 0 Å². The molecule has 0 unspecified atom stereocenters. The van der Waals surface area contributed by atoms with Gasteiger partial charge < -0.3 is 21.3 Å². The van der Waals surface area contributed by atoms with Crippen molar-refractivity contribution in [2.24, 2.45) is 5.73 Å². The van der Waals surface area contributed by atoms with E-state index in [1.54, 1.807) is 11.1 Å². The second-order valence-electron chi connectivity index (χ2n) is 9.27. The number of nitrogens with zero attached hydrogens (tertiary/aromatic N) is 2. The number of rotatable bonds is 13. The van der Waals surface area contributed by atoms with Gasteiger partial charge in [0.05, 0.1) is 30.2 Å². The molecule has 4 N–H and O–H groups in total. The van der Waals surface area contributed by atoms with E-state index in [0.29, 0.717) is 30.2 Å². The molecule has 6 heteroatoms. The molecule has 196 valence electrons. The molecule has 1 aromatic heterocycles. The topological polar surface area (TPSA) is 83.3 Å². The number of benzene rings is 2. The van der Waals surface area contributed by atoms with Gasteiger partial charge in [-0.1, -0.05) is 86.0 Å². The summed E-state index contributed by atoms with van der Waals surface area (Å²) in [6, 6.07) is 23.8. The fraction of sp³-hybridized carbons (Fsp3) is 0.188. The number of carbonyl (C=O) groups excluding carboxylic acids is 1. The van der Waals surface area contributed by atoms with Crippen LogP contribution in [-0.2, 0) is 17.8 Å². The summed E-state index contributed by atoms with van der Waals surface area (Å²) in [5.41, 5.74) is 12.8.